The Balaban J connectivity index is 1.98. The van der Waals surface area contributed by atoms with Gasteiger partial charge in [-0.15, -0.1) is 5.06 Å². The molecule has 0 aliphatic heterocycles. The number of nitrogens with zero attached hydrogens (tertiary/aromatic N) is 3. The zero-order valence-corrected chi connectivity index (χ0v) is 14.0. The summed E-state index contributed by atoms with van der Waals surface area (Å²) in [6, 6.07) is 10.7. The minimum absolute atomic E-state index is 0.0110. The van der Waals surface area contributed by atoms with Gasteiger partial charge in [-0.1, -0.05) is 6.07 Å². The maximum Gasteiger partial charge on any atom is 0.269 e. The first-order valence-corrected chi connectivity index (χ1v) is 7.82. The highest BCUT2D eigenvalue weighted by atomic mass is 16.7. The Kier molecular flexibility index (Phi) is 6.02. The highest BCUT2D eigenvalue weighted by molar-refractivity contribution is 5.39. The van der Waals surface area contributed by atoms with Crippen LogP contribution < -0.4 is 4.84 Å². The van der Waals surface area contributed by atoms with Crippen molar-refractivity contribution in [2.45, 2.75) is 20.3 Å². The van der Waals surface area contributed by atoms with Crippen LogP contribution in [0.25, 0.3) is 0 Å². The van der Waals surface area contributed by atoms with Gasteiger partial charge in [-0.3, -0.25) is 20.2 Å². The summed E-state index contributed by atoms with van der Waals surface area (Å²) >= 11 is 0. The molecule has 25 heavy (non-hydrogen) atoms. The highest BCUT2D eigenvalue weighted by Crippen LogP contribution is 2.20. The van der Waals surface area contributed by atoms with Gasteiger partial charge >= 0.3 is 0 Å². The Labute approximate surface area is 144 Å². The van der Waals surface area contributed by atoms with Gasteiger partial charge in [-0.05, 0) is 43.5 Å². The van der Waals surface area contributed by atoms with Crippen LogP contribution in [0.5, 0.6) is 5.75 Å². The fourth-order valence-electron chi connectivity index (χ4n) is 2.37. The summed E-state index contributed by atoms with van der Waals surface area (Å²) in [6.07, 6.45) is 0.671. The van der Waals surface area contributed by atoms with Crippen LogP contribution >= 0.6 is 0 Å². The van der Waals surface area contributed by atoms with E-state index in [-0.39, 0.29) is 11.4 Å². The first-order valence-electron chi connectivity index (χ1n) is 7.82. The number of nitro groups is 2. The standard InChI is InChI=1S/C17H19N3O5/c1-3-18(25-17-8-6-15(7-9-17)19(21)22)11-10-14-4-5-16(20(23)24)12-13(14)2/h4-9,12H,3,10-11H2,1-2H3. The van der Waals surface area contributed by atoms with E-state index in [1.165, 1.54) is 18.2 Å². The normalized spacial score (nSPS) is 10.7. The Bertz CT molecular complexity index is 761. The van der Waals surface area contributed by atoms with Crippen LogP contribution in [0.4, 0.5) is 11.4 Å². The molecule has 2 aromatic carbocycles. The molecule has 0 bridgehead atoms. The summed E-state index contributed by atoms with van der Waals surface area (Å²) in [4.78, 5) is 26.3. The molecule has 2 aromatic rings. The van der Waals surface area contributed by atoms with Crippen molar-refractivity contribution < 1.29 is 14.7 Å². The van der Waals surface area contributed by atoms with Crippen LogP contribution in [0.2, 0.25) is 0 Å². The third kappa shape index (κ3) is 4.98. The molecule has 8 heteroatoms. The van der Waals surface area contributed by atoms with Gasteiger partial charge in [0.15, 0.2) is 0 Å². The molecule has 0 heterocycles. The molecule has 0 amide bonds. The molecule has 0 fully saturated rings. The number of hydrogen-bond donors (Lipinski definition) is 0. The molecule has 0 radical (unpaired) electrons. The van der Waals surface area contributed by atoms with Gasteiger partial charge in [0.05, 0.1) is 9.85 Å². The topological polar surface area (TPSA) is 98.8 Å². The zero-order valence-electron chi connectivity index (χ0n) is 14.0. The van der Waals surface area contributed by atoms with Gasteiger partial charge in [0.1, 0.15) is 5.75 Å². The number of hydroxylamine groups is 2. The largest absolute Gasteiger partial charge is 0.406 e. The molecule has 0 aromatic heterocycles. The summed E-state index contributed by atoms with van der Waals surface area (Å²) < 4.78 is 0. The van der Waals surface area contributed by atoms with Crippen LogP contribution in [0.3, 0.4) is 0 Å². The van der Waals surface area contributed by atoms with Crippen molar-refractivity contribution in [2.24, 2.45) is 0 Å². The smallest absolute Gasteiger partial charge is 0.269 e. The Morgan fingerprint density at radius 3 is 2.12 bits per heavy atom. The second-order valence-corrected chi connectivity index (χ2v) is 5.48. The summed E-state index contributed by atoms with van der Waals surface area (Å²) in [5, 5.41) is 23.2. The number of likely N-dealkylation sites (N-methyl/N-ethyl adjacent to an activating group) is 1. The second kappa shape index (κ2) is 8.20. The van der Waals surface area contributed by atoms with Crippen LogP contribution in [0.1, 0.15) is 18.1 Å². The fraction of sp³-hybridized carbons (Fsp3) is 0.294. The van der Waals surface area contributed by atoms with Crippen molar-refractivity contribution >= 4 is 11.4 Å². The van der Waals surface area contributed by atoms with Crippen LogP contribution in [-0.2, 0) is 6.42 Å². The summed E-state index contributed by atoms with van der Waals surface area (Å²) in [5.41, 5.74) is 1.96. The number of non-ortho nitro benzene ring substituents is 2. The molecule has 2 rings (SSSR count). The van der Waals surface area contributed by atoms with E-state index in [0.717, 1.165) is 11.1 Å². The van der Waals surface area contributed by atoms with Crippen molar-refractivity contribution in [3.05, 3.63) is 73.8 Å². The summed E-state index contributed by atoms with van der Waals surface area (Å²) in [5.74, 6) is 0.521. The number of rotatable bonds is 8. The summed E-state index contributed by atoms with van der Waals surface area (Å²) in [6.45, 7) is 5.00. The van der Waals surface area contributed by atoms with E-state index in [4.69, 9.17) is 4.84 Å². The highest BCUT2D eigenvalue weighted by Gasteiger charge is 2.11. The van der Waals surface area contributed by atoms with Gasteiger partial charge in [0.2, 0.25) is 0 Å². The lowest BCUT2D eigenvalue weighted by Gasteiger charge is -2.21. The van der Waals surface area contributed by atoms with Gasteiger partial charge in [0.25, 0.3) is 11.4 Å². The van der Waals surface area contributed by atoms with Crippen LogP contribution in [0, 0.1) is 27.2 Å². The van der Waals surface area contributed by atoms with E-state index in [1.54, 1.807) is 29.3 Å². The number of nitro benzene ring substituents is 2. The quantitative estimate of drug-likeness (QED) is 0.535. The van der Waals surface area contributed by atoms with E-state index in [1.807, 2.05) is 13.8 Å². The lowest BCUT2D eigenvalue weighted by molar-refractivity contribution is -0.385. The zero-order chi connectivity index (χ0) is 18.4. The molecule has 132 valence electrons. The molecule has 0 unspecified atom stereocenters. The molecule has 0 aliphatic rings. The Morgan fingerprint density at radius 1 is 1.00 bits per heavy atom. The van der Waals surface area contributed by atoms with Gasteiger partial charge in [0, 0.05) is 37.4 Å². The van der Waals surface area contributed by atoms with E-state index in [9.17, 15) is 20.2 Å². The van der Waals surface area contributed by atoms with Gasteiger partial charge in [-0.25, -0.2) is 0 Å². The van der Waals surface area contributed by atoms with Crippen molar-refractivity contribution in [3.63, 3.8) is 0 Å². The van der Waals surface area contributed by atoms with Crippen molar-refractivity contribution in [2.75, 3.05) is 13.1 Å². The fourth-order valence-corrected chi connectivity index (χ4v) is 2.37. The van der Waals surface area contributed by atoms with Crippen molar-refractivity contribution in [1.29, 1.82) is 0 Å². The summed E-state index contributed by atoms with van der Waals surface area (Å²) in [7, 11) is 0. The monoisotopic (exact) mass is 345 g/mol. The lowest BCUT2D eigenvalue weighted by atomic mass is 10.1. The minimum Gasteiger partial charge on any atom is -0.406 e. The van der Waals surface area contributed by atoms with E-state index in [0.29, 0.717) is 25.3 Å². The Morgan fingerprint density at radius 2 is 1.60 bits per heavy atom. The molecule has 0 N–H and O–H groups in total. The molecule has 0 aliphatic carbocycles. The molecule has 0 saturated heterocycles. The Hall–Kier alpha value is -3.00. The lowest BCUT2D eigenvalue weighted by Crippen LogP contribution is -2.29. The van der Waals surface area contributed by atoms with E-state index >= 15 is 0 Å². The van der Waals surface area contributed by atoms with E-state index < -0.39 is 9.85 Å². The average Bonchev–Trinajstić information content (AvgIpc) is 2.59. The number of aryl methyl sites for hydroxylation is 1. The molecule has 0 spiro atoms. The second-order valence-electron chi connectivity index (χ2n) is 5.48. The molecule has 8 nitrogen and oxygen atoms in total. The third-order valence-corrected chi connectivity index (χ3v) is 3.80. The molecular weight excluding hydrogens is 326 g/mol. The van der Waals surface area contributed by atoms with Gasteiger partial charge in [-0.2, -0.15) is 0 Å². The number of hydrogen-bond acceptors (Lipinski definition) is 6. The maximum atomic E-state index is 10.8. The molecular formula is C17H19N3O5. The number of benzene rings is 2. The van der Waals surface area contributed by atoms with E-state index in [2.05, 4.69) is 0 Å². The predicted octanol–water partition coefficient (Wildman–Crippen LogP) is 3.67. The van der Waals surface area contributed by atoms with Crippen molar-refractivity contribution in [1.82, 2.24) is 5.06 Å². The minimum atomic E-state index is -0.460. The van der Waals surface area contributed by atoms with Gasteiger partial charge < -0.3 is 4.84 Å². The van der Waals surface area contributed by atoms with Crippen molar-refractivity contribution in [3.8, 4) is 5.75 Å². The maximum absolute atomic E-state index is 10.8. The first-order chi connectivity index (χ1) is 11.9. The molecule has 0 atom stereocenters. The van der Waals surface area contributed by atoms with Crippen LogP contribution in [-0.4, -0.2) is 28.0 Å². The first kappa shape index (κ1) is 18.3. The predicted molar refractivity (Wildman–Crippen MR) is 92.5 cm³/mol. The third-order valence-electron chi connectivity index (χ3n) is 3.80. The SMILES string of the molecule is CCN(CCc1ccc([N+](=O)[O-])cc1C)Oc1ccc([N+](=O)[O-])cc1. The molecule has 0 saturated carbocycles. The van der Waals surface area contributed by atoms with Crippen LogP contribution in [0.15, 0.2) is 42.5 Å². The average molecular weight is 345 g/mol.